The van der Waals surface area contributed by atoms with Crippen molar-refractivity contribution in [3.63, 3.8) is 0 Å². The molecule has 128 valence electrons. The molecule has 0 fully saturated rings. The normalized spacial score (nSPS) is 11.5. The summed E-state index contributed by atoms with van der Waals surface area (Å²) in [7, 11) is 3.89. The van der Waals surface area contributed by atoms with Gasteiger partial charge >= 0.3 is 0 Å². The van der Waals surface area contributed by atoms with Crippen LogP contribution in [0.25, 0.3) is 5.69 Å². The second-order valence-corrected chi connectivity index (χ2v) is 6.40. The number of aromatic hydroxyl groups is 1. The van der Waals surface area contributed by atoms with E-state index in [1.54, 1.807) is 0 Å². The molecule has 0 saturated heterocycles. The van der Waals surface area contributed by atoms with E-state index < -0.39 is 5.56 Å². The summed E-state index contributed by atoms with van der Waals surface area (Å²) in [6.45, 7) is 5.22. The minimum atomic E-state index is -0.452. The van der Waals surface area contributed by atoms with Crippen molar-refractivity contribution in [3.8, 4) is 11.6 Å². The Morgan fingerprint density at radius 2 is 1.92 bits per heavy atom. The van der Waals surface area contributed by atoms with Crippen molar-refractivity contribution in [3.05, 3.63) is 50.0 Å². The molecule has 0 aliphatic carbocycles. The molecule has 0 bridgehead atoms. The molecule has 0 unspecified atom stereocenters. The number of nitrogens with zero attached hydrogens (tertiary/aromatic N) is 3. The molecular weight excluding hydrogens is 324 g/mol. The maximum Gasteiger partial charge on any atom is 0.264 e. The first-order chi connectivity index (χ1) is 11.3. The summed E-state index contributed by atoms with van der Waals surface area (Å²) in [5.41, 5.74) is 2.43. The molecule has 0 aliphatic rings. The molecule has 2 N–H and O–H groups in total. The molecular formula is C17H22N4O2S. The fourth-order valence-corrected chi connectivity index (χ4v) is 2.67. The number of aromatic amines is 1. The molecule has 1 aromatic carbocycles. The summed E-state index contributed by atoms with van der Waals surface area (Å²) in [5.74, 6) is -0.206. The van der Waals surface area contributed by atoms with Crippen molar-refractivity contribution < 1.29 is 5.11 Å². The third-order valence-electron chi connectivity index (χ3n) is 3.48. The van der Waals surface area contributed by atoms with E-state index >= 15 is 0 Å². The van der Waals surface area contributed by atoms with Crippen LogP contribution in [0.15, 0.2) is 28.0 Å². The smallest absolute Gasteiger partial charge is 0.264 e. The van der Waals surface area contributed by atoms with Crippen molar-refractivity contribution in [2.24, 2.45) is 4.99 Å². The zero-order valence-corrected chi connectivity index (χ0v) is 15.1. The molecule has 0 aliphatic heterocycles. The Morgan fingerprint density at radius 3 is 2.50 bits per heavy atom. The van der Waals surface area contributed by atoms with Gasteiger partial charge in [-0.25, -0.2) is 0 Å². The van der Waals surface area contributed by atoms with E-state index in [1.165, 1.54) is 10.8 Å². The molecule has 0 spiro atoms. The van der Waals surface area contributed by atoms with Crippen LogP contribution in [0.3, 0.4) is 0 Å². The van der Waals surface area contributed by atoms with Gasteiger partial charge in [-0.2, -0.15) is 0 Å². The Hall–Kier alpha value is -2.25. The number of hydrogen-bond acceptors (Lipinski definition) is 5. The summed E-state index contributed by atoms with van der Waals surface area (Å²) in [6, 6.07) is 5.82. The first kappa shape index (κ1) is 18.1. The minimum Gasteiger partial charge on any atom is -0.494 e. The van der Waals surface area contributed by atoms with Crippen molar-refractivity contribution in [1.29, 1.82) is 0 Å². The first-order valence-corrected chi connectivity index (χ1v) is 8.02. The van der Waals surface area contributed by atoms with Gasteiger partial charge < -0.3 is 10.0 Å². The van der Waals surface area contributed by atoms with E-state index in [0.29, 0.717) is 12.2 Å². The quantitative estimate of drug-likeness (QED) is 0.643. The zero-order valence-electron chi connectivity index (χ0n) is 14.3. The second-order valence-electron chi connectivity index (χ2n) is 6.02. The molecule has 0 atom stereocenters. The van der Waals surface area contributed by atoms with Crippen LogP contribution < -0.4 is 5.56 Å². The summed E-state index contributed by atoms with van der Waals surface area (Å²) in [4.78, 5) is 20.9. The third-order valence-corrected chi connectivity index (χ3v) is 3.77. The van der Waals surface area contributed by atoms with E-state index in [-0.39, 0.29) is 16.2 Å². The van der Waals surface area contributed by atoms with E-state index in [1.807, 2.05) is 51.0 Å². The lowest BCUT2D eigenvalue weighted by Crippen LogP contribution is -2.19. The Kier molecular flexibility index (Phi) is 5.69. The van der Waals surface area contributed by atoms with Crippen LogP contribution in [-0.4, -0.2) is 53.0 Å². The average Bonchev–Trinajstić information content (AvgIpc) is 2.44. The summed E-state index contributed by atoms with van der Waals surface area (Å²) < 4.78 is 1.59. The Labute approximate surface area is 146 Å². The van der Waals surface area contributed by atoms with Crippen molar-refractivity contribution in [1.82, 2.24) is 14.5 Å². The molecule has 7 heteroatoms. The number of hydrogen-bond donors (Lipinski definition) is 2. The van der Waals surface area contributed by atoms with Gasteiger partial charge in [0, 0.05) is 12.8 Å². The van der Waals surface area contributed by atoms with Crippen LogP contribution in [0, 0.1) is 18.6 Å². The van der Waals surface area contributed by atoms with Gasteiger partial charge in [-0.05, 0) is 63.4 Å². The highest BCUT2D eigenvalue weighted by atomic mass is 32.1. The van der Waals surface area contributed by atoms with Crippen LogP contribution in [0.2, 0.25) is 0 Å². The molecule has 2 rings (SSSR count). The SMILES string of the molecule is Cc1cc(C)cc(-n2c(O)c(C=NCCN(C)C)c(=O)[nH]c2=S)c1. The van der Waals surface area contributed by atoms with E-state index in [9.17, 15) is 9.90 Å². The Morgan fingerprint density at radius 1 is 1.29 bits per heavy atom. The molecule has 0 amide bonds. The lowest BCUT2D eigenvalue weighted by Gasteiger charge is -2.13. The van der Waals surface area contributed by atoms with Gasteiger partial charge in [0.2, 0.25) is 5.88 Å². The Balaban J connectivity index is 2.52. The van der Waals surface area contributed by atoms with Gasteiger partial charge in [0.15, 0.2) is 4.77 Å². The van der Waals surface area contributed by atoms with Gasteiger partial charge in [0.05, 0.1) is 12.2 Å². The van der Waals surface area contributed by atoms with Crippen LogP contribution in [0.1, 0.15) is 16.7 Å². The van der Waals surface area contributed by atoms with Crippen molar-refractivity contribution in [2.45, 2.75) is 13.8 Å². The van der Waals surface area contributed by atoms with Gasteiger partial charge in [-0.1, -0.05) is 6.07 Å². The number of benzene rings is 1. The van der Waals surface area contributed by atoms with Gasteiger partial charge in [-0.15, -0.1) is 0 Å². The van der Waals surface area contributed by atoms with Crippen LogP contribution in [0.4, 0.5) is 0 Å². The average molecular weight is 346 g/mol. The zero-order chi connectivity index (χ0) is 17.9. The highest BCUT2D eigenvalue weighted by Gasteiger charge is 2.13. The summed E-state index contributed by atoms with van der Waals surface area (Å²) in [6.07, 6.45) is 1.39. The fourth-order valence-electron chi connectivity index (χ4n) is 2.39. The summed E-state index contributed by atoms with van der Waals surface area (Å²) in [5, 5.41) is 10.6. The fraction of sp³-hybridized carbons (Fsp3) is 0.353. The van der Waals surface area contributed by atoms with E-state index in [0.717, 1.165) is 17.7 Å². The van der Waals surface area contributed by atoms with Gasteiger partial charge in [0.25, 0.3) is 5.56 Å². The maximum atomic E-state index is 12.1. The Bertz CT molecular complexity index is 861. The monoisotopic (exact) mass is 346 g/mol. The molecule has 0 saturated carbocycles. The number of likely N-dealkylation sites (N-methyl/N-ethyl adjacent to an activating group) is 1. The predicted octanol–water partition coefficient (Wildman–Crippen LogP) is 2.20. The number of aliphatic imine (C=N–C) groups is 1. The standard InChI is InChI=1S/C17H22N4O2S/c1-11-7-12(2)9-13(8-11)21-16(23)14(15(22)19-17(21)24)10-18-5-6-20(3)4/h7-10,23H,5-6H2,1-4H3,(H,19,22,24). The maximum absolute atomic E-state index is 12.1. The van der Waals surface area contributed by atoms with Crippen LogP contribution >= 0.6 is 12.2 Å². The summed E-state index contributed by atoms with van der Waals surface area (Å²) >= 11 is 5.22. The lowest BCUT2D eigenvalue weighted by atomic mass is 10.1. The molecule has 0 radical (unpaired) electrons. The topological polar surface area (TPSA) is 73.6 Å². The number of aryl methyl sites for hydroxylation is 2. The predicted molar refractivity (Wildman–Crippen MR) is 99.4 cm³/mol. The van der Waals surface area contributed by atoms with Gasteiger partial charge in [0.1, 0.15) is 5.56 Å². The van der Waals surface area contributed by atoms with Crippen LogP contribution in [0.5, 0.6) is 5.88 Å². The lowest BCUT2D eigenvalue weighted by molar-refractivity contribution is 0.420. The number of aromatic nitrogens is 2. The molecule has 2 aromatic rings. The largest absolute Gasteiger partial charge is 0.494 e. The third kappa shape index (κ3) is 4.18. The van der Waals surface area contributed by atoms with E-state index in [2.05, 4.69) is 9.98 Å². The van der Waals surface area contributed by atoms with Crippen molar-refractivity contribution >= 4 is 18.4 Å². The molecule has 1 heterocycles. The van der Waals surface area contributed by atoms with Gasteiger partial charge in [-0.3, -0.25) is 19.3 Å². The van der Waals surface area contributed by atoms with Crippen molar-refractivity contribution in [2.75, 3.05) is 27.2 Å². The van der Waals surface area contributed by atoms with Crippen LogP contribution in [-0.2, 0) is 0 Å². The molecule has 1 aromatic heterocycles. The number of H-pyrrole nitrogens is 1. The molecule has 6 nitrogen and oxygen atoms in total. The minimum absolute atomic E-state index is 0.0986. The number of rotatable bonds is 5. The van der Waals surface area contributed by atoms with E-state index in [4.69, 9.17) is 12.2 Å². The highest BCUT2D eigenvalue weighted by Crippen LogP contribution is 2.20. The second kappa shape index (κ2) is 7.55. The number of nitrogens with one attached hydrogen (secondary N) is 1. The first-order valence-electron chi connectivity index (χ1n) is 7.61. The highest BCUT2D eigenvalue weighted by molar-refractivity contribution is 7.71. The molecule has 24 heavy (non-hydrogen) atoms.